The second kappa shape index (κ2) is 3.82. The van der Waals surface area contributed by atoms with Crippen molar-refractivity contribution in [2.75, 3.05) is 6.54 Å². The minimum atomic E-state index is -0.666. The van der Waals surface area contributed by atoms with Crippen LogP contribution in [0, 0.1) is 18.3 Å². The van der Waals surface area contributed by atoms with Crippen LogP contribution in [0.25, 0.3) is 0 Å². The maximum atomic E-state index is 12.0. The molecule has 1 aliphatic heterocycles. The summed E-state index contributed by atoms with van der Waals surface area (Å²) in [6.07, 6.45) is 8.81. The van der Waals surface area contributed by atoms with Crippen molar-refractivity contribution in [3.63, 3.8) is 0 Å². The highest BCUT2D eigenvalue weighted by atomic mass is 16.2. The average Bonchev–Trinajstić information content (AvgIpc) is 2.44. The Balaban J connectivity index is 2.31. The lowest BCUT2D eigenvalue weighted by atomic mass is 9.75. The quantitative estimate of drug-likeness (QED) is 0.532. The minimum absolute atomic E-state index is 0.167. The summed E-state index contributed by atoms with van der Waals surface area (Å²) in [4.78, 5) is 25.1. The molecule has 3 amide bonds. The third kappa shape index (κ3) is 1.47. The number of nitrogens with zero attached hydrogens (tertiary/aromatic N) is 1. The maximum absolute atomic E-state index is 12.0. The van der Waals surface area contributed by atoms with E-state index in [-0.39, 0.29) is 18.5 Å². The summed E-state index contributed by atoms with van der Waals surface area (Å²) in [7, 11) is 0. The molecule has 1 heterocycles. The number of imide groups is 1. The average molecular weight is 220 g/mol. The molecule has 0 bridgehead atoms. The second-order valence-electron chi connectivity index (χ2n) is 4.78. The molecular formula is C12H16N2O2. The van der Waals surface area contributed by atoms with Crippen molar-refractivity contribution in [3.05, 3.63) is 0 Å². The molecule has 4 heteroatoms. The smallest absolute Gasteiger partial charge is 0.299 e. The third-order valence-corrected chi connectivity index (χ3v) is 3.63. The summed E-state index contributed by atoms with van der Waals surface area (Å²) in [6, 6.07) is -0.336. The number of hydrogen-bond donors (Lipinski definition) is 1. The Morgan fingerprint density at radius 3 is 3.00 bits per heavy atom. The molecule has 2 fully saturated rings. The van der Waals surface area contributed by atoms with Crippen molar-refractivity contribution < 1.29 is 9.59 Å². The third-order valence-electron chi connectivity index (χ3n) is 3.63. The van der Waals surface area contributed by atoms with Crippen LogP contribution in [0.1, 0.15) is 32.6 Å². The SMILES string of the molecule is C#CCN1C(=O)NC(=O)C12CCCC(C)C2. The molecule has 16 heavy (non-hydrogen) atoms. The van der Waals surface area contributed by atoms with Gasteiger partial charge < -0.3 is 0 Å². The van der Waals surface area contributed by atoms with Crippen molar-refractivity contribution in [2.24, 2.45) is 5.92 Å². The van der Waals surface area contributed by atoms with E-state index >= 15 is 0 Å². The van der Waals surface area contributed by atoms with Crippen LogP contribution in [0.2, 0.25) is 0 Å². The lowest BCUT2D eigenvalue weighted by Crippen LogP contribution is -2.52. The molecule has 0 radical (unpaired) electrons. The molecule has 2 aliphatic rings. The van der Waals surface area contributed by atoms with Gasteiger partial charge in [0.05, 0.1) is 6.54 Å². The summed E-state index contributed by atoms with van der Waals surface area (Å²) >= 11 is 0. The molecule has 86 valence electrons. The van der Waals surface area contributed by atoms with Crippen molar-refractivity contribution in [3.8, 4) is 12.3 Å². The van der Waals surface area contributed by atoms with E-state index in [0.717, 1.165) is 25.7 Å². The van der Waals surface area contributed by atoms with Gasteiger partial charge in [-0.15, -0.1) is 6.42 Å². The van der Waals surface area contributed by atoms with Gasteiger partial charge in [0.2, 0.25) is 0 Å². The van der Waals surface area contributed by atoms with Crippen LogP contribution in [0.15, 0.2) is 0 Å². The van der Waals surface area contributed by atoms with Gasteiger partial charge in [-0.2, -0.15) is 0 Å². The Hall–Kier alpha value is -1.50. The van der Waals surface area contributed by atoms with Crippen molar-refractivity contribution in [1.29, 1.82) is 0 Å². The molecule has 1 N–H and O–H groups in total. The number of urea groups is 1. The molecule has 4 nitrogen and oxygen atoms in total. The Kier molecular flexibility index (Phi) is 2.63. The predicted octanol–water partition coefficient (Wildman–Crippen LogP) is 1.12. The highest BCUT2D eigenvalue weighted by Gasteiger charge is 2.53. The largest absolute Gasteiger partial charge is 0.325 e. The highest BCUT2D eigenvalue weighted by Crippen LogP contribution is 2.39. The van der Waals surface area contributed by atoms with Crippen molar-refractivity contribution >= 4 is 11.9 Å². The van der Waals surface area contributed by atoms with E-state index in [1.54, 1.807) is 0 Å². The highest BCUT2D eigenvalue weighted by molar-refractivity contribution is 6.07. The molecule has 1 spiro atoms. The van der Waals surface area contributed by atoms with E-state index in [9.17, 15) is 9.59 Å². The van der Waals surface area contributed by atoms with E-state index < -0.39 is 5.54 Å². The van der Waals surface area contributed by atoms with Gasteiger partial charge in [-0.1, -0.05) is 25.7 Å². The molecule has 0 aromatic rings. The van der Waals surface area contributed by atoms with Crippen LogP contribution >= 0.6 is 0 Å². The fraction of sp³-hybridized carbons (Fsp3) is 0.667. The first kappa shape index (κ1) is 11.0. The van der Waals surface area contributed by atoms with Gasteiger partial charge in [0.25, 0.3) is 5.91 Å². The number of carbonyl (C=O) groups excluding carboxylic acids is 2. The Morgan fingerprint density at radius 2 is 2.38 bits per heavy atom. The molecule has 1 saturated heterocycles. The van der Waals surface area contributed by atoms with E-state index in [0.29, 0.717) is 5.92 Å². The summed E-state index contributed by atoms with van der Waals surface area (Å²) in [6.45, 7) is 2.33. The van der Waals surface area contributed by atoms with Crippen LogP contribution in [0.4, 0.5) is 4.79 Å². The first-order chi connectivity index (χ1) is 7.60. The van der Waals surface area contributed by atoms with Crippen LogP contribution in [0.3, 0.4) is 0 Å². The number of carbonyl (C=O) groups is 2. The van der Waals surface area contributed by atoms with Gasteiger partial charge in [-0.25, -0.2) is 4.79 Å². The first-order valence-electron chi connectivity index (χ1n) is 5.66. The van der Waals surface area contributed by atoms with E-state index in [2.05, 4.69) is 18.2 Å². The van der Waals surface area contributed by atoms with Crippen LogP contribution < -0.4 is 5.32 Å². The fourth-order valence-corrected chi connectivity index (χ4v) is 2.89. The monoisotopic (exact) mass is 220 g/mol. The number of rotatable bonds is 1. The molecular weight excluding hydrogens is 204 g/mol. The zero-order chi connectivity index (χ0) is 11.8. The van der Waals surface area contributed by atoms with Crippen LogP contribution in [-0.2, 0) is 4.79 Å². The van der Waals surface area contributed by atoms with Gasteiger partial charge in [-0.3, -0.25) is 15.0 Å². The van der Waals surface area contributed by atoms with Gasteiger partial charge >= 0.3 is 6.03 Å². The minimum Gasteiger partial charge on any atom is -0.299 e. The van der Waals surface area contributed by atoms with Crippen LogP contribution in [0.5, 0.6) is 0 Å². The summed E-state index contributed by atoms with van der Waals surface area (Å²) in [5.41, 5.74) is -0.666. The predicted molar refractivity (Wildman–Crippen MR) is 59.4 cm³/mol. The molecule has 0 aromatic heterocycles. The topological polar surface area (TPSA) is 49.4 Å². The van der Waals surface area contributed by atoms with Gasteiger partial charge in [0, 0.05) is 0 Å². The maximum Gasteiger partial charge on any atom is 0.325 e. The molecule has 2 rings (SSSR count). The van der Waals surface area contributed by atoms with Crippen molar-refractivity contribution in [2.45, 2.75) is 38.1 Å². The number of hydrogen-bond acceptors (Lipinski definition) is 2. The standard InChI is InChI=1S/C12H16N2O2/c1-3-7-14-11(16)13-10(15)12(14)6-4-5-9(2)8-12/h1,9H,4-8H2,2H3,(H,13,15,16). The molecule has 1 aliphatic carbocycles. The zero-order valence-electron chi connectivity index (χ0n) is 9.45. The molecule has 2 atom stereocenters. The van der Waals surface area contributed by atoms with E-state index in [1.165, 1.54) is 4.90 Å². The van der Waals surface area contributed by atoms with Gasteiger partial charge in [0.15, 0.2) is 0 Å². The number of amides is 3. The number of nitrogens with one attached hydrogen (secondary N) is 1. The summed E-state index contributed by atoms with van der Waals surface area (Å²) in [5.74, 6) is 2.76. The fourth-order valence-electron chi connectivity index (χ4n) is 2.89. The van der Waals surface area contributed by atoms with Crippen molar-refractivity contribution in [1.82, 2.24) is 10.2 Å². The normalized spacial score (nSPS) is 34.0. The number of terminal acetylenes is 1. The van der Waals surface area contributed by atoms with E-state index in [1.807, 2.05) is 0 Å². The zero-order valence-corrected chi connectivity index (χ0v) is 9.45. The second-order valence-corrected chi connectivity index (χ2v) is 4.78. The molecule has 0 aromatic carbocycles. The molecule has 2 unspecified atom stereocenters. The lowest BCUT2D eigenvalue weighted by Gasteiger charge is -2.39. The lowest BCUT2D eigenvalue weighted by molar-refractivity contribution is -0.128. The Morgan fingerprint density at radius 1 is 1.62 bits per heavy atom. The van der Waals surface area contributed by atoms with E-state index in [4.69, 9.17) is 6.42 Å². The van der Waals surface area contributed by atoms with Gasteiger partial charge in [-0.05, 0) is 18.8 Å². The first-order valence-corrected chi connectivity index (χ1v) is 5.66. The van der Waals surface area contributed by atoms with Crippen LogP contribution in [-0.4, -0.2) is 28.9 Å². The summed E-state index contributed by atoms with van der Waals surface area (Å²) < 4.78 is 0. The summed E-state index contributed by atoms with van der Waals surface area (Å²) in [5, 5.41) is 2.39. The Bertz CT molecular complexity index is 372. The van der Waals surface area contributed by atoms with Gasteiger partial charge in [0.1, 0.15) is 5.54 Å². The molecule has 1 saturated carbocycles. The Labute approximate surface area is 95.4 Å².